The van der Waals surface area contributed by atoms with E-state index in [-0.39, 0.29) is 5.69 Å². The molecule has 0 saturated heterocycles. The molecule has 2 aromatic rings. The van der Waals surface area contributed by atoms with Gasteiger partial charge in [-0.2, -0.15) is 5.10 Å². The number of methoxy groups -OCH3 is 1. The predicted molar refractivity (Wildman–Crippen MR) is 64.2 cm³/mol. The summed E-state index contributed by atoms with van der Waals surface area (Å²) in [4.78, 5) is 14.0. The number of rotatable bonds is 3. The zero-order chi connectivity index (χ0) is 13.0. The van der Waals surface area contributed by atoms with Crippen LogP contribution in [0.5, 0.6) is 0 Å². The van der Waals surface area contributed by atoms with Gasteiger partial charge in [0.1, 0.15) is 5.69 Å². The van der Waals surface area contributed by atoms with E-state index >= 15 is 0 Å². The molecule has 1 N–H and O–H groups in total. The number of azide groups is 1. The van der Waals surface area contributed by atoms with Crippen molar-refractivity contribution in [2.45, 2.75) is 0 Å². The highest BCUT2D eigenvalue weighted by atomic mass is 16.5. The van der Waals surface area contributed by atoms with Crippen LogP contribution in [0.15, 0.2) is 35.4 Å². The molecular formula is C11H9N5O2. The molecule has 0 spiro atoms. The standard InChI is InChI=1S/C11H9N5O2/c1-18-11(17)10-6-9(14-15-10)7-3-2-4-8(5-7)13-16-12/h2-6H,1H3,(H,14,15). The van der Waals surface area contributed by atoms with E-state index in [0.29, 0.717) is 11.4 Å². The number of carbonyl (C=O) groups is 1. The van der Waals surface area contributed by atoms with Gasteiger partial charge in [0.25, 0.3) is 0 Å². The third-order valence-electron chi connectivity index (χ3n) is 2.29. The monoisotopic (exact) mass is 243 g/mol. The molecule has 1 aromatic carbocycles. The quantitative estimate of drug-likeness (QED) is 0.388. The predicted octanol–water partition coefficient (Wildman–Crippen LogP) is 2.81. The van der Waals surface area contributed by atoms with Crippen molar-refractivity contribution in [3.05, 3.63) is 46.5 Å². The summed E-state index contributed by atoms with van der Waals surface area (Å²) in [5.74, 6) is -0.486. The van der Waals surface area contributed by atoms with E-state index in [1.54, 1.807) is 30.3 Å². The Bertz CT molecular complexity index is 628. The molecule has 1 aromatic heterocycles. The summed E-state index contributed by atoms with van der Waals surface area (Å²) in [6, 6.07) is 8.47. The van der Waals surface area contributed by atoms with Crippen LogP contribution in [0.3, 0.4) is 0 Å². The summed E-state index contributed by atoms with van der Waals surface area (Å²) in [5.41, 5.74) is 10.4. The number of aromatic amines is 1. The number of esters is 1. The molecule has 90 valence electrons. The van der Waals surface area contributed by atoms with Crippen molar-refractivity contribution in [3.8, 4) is 11.3 Å². The zero-order valence-electron chi connectivity index (χ0n) is 9.49. The molecule has 0 amide bonds. The van der Waals surface area contributed by atoms with Gasteiger partial charge in [0, 0.05) is 16.2 Å². The van der Waals surface area contributed by atoms with Crippen molar-refractivity contribution in [3.63, 3.8) is 0 Å². The first-order valence-corrected chi connectivity index (χ1v) is 5.04. The van der Waals surface area contributed by atoms with Crippen LogP contribution in [0.2, 0.25) is 0 Å². The molecule has 2 rings (SSSR count). The lowest BCUT2D eigenvalue weighted by atomic mass is 10.1. The molecular weight excluding hydrogens is 234 g/mol. The van der Waals surface area contributed by atoms with E-state index in [4.69, 9.17) is 5.53 Å². The average molecular weight is 243 g/mol. The van der Waals surface area contributed by atoms with Crippen LogP contribution in [0.1, 0.15) is 10.5 Å². The van der Waals surface area contributed by atoms with Crippen LogP contribution in [0, 0.1) is 0 Å². The van der Waals surface area contributed by atoms with Crippen LogP contribution < -0.4 is 0 Å². The summed E-state index contributed by atoms with van der Waals surface area (Å²) < 4.78 is 4.57. The second kappa shape index (κ2) is 5.03. The molecule has 0 saturated carbocycles. The van der Waals surface area contributed by atoms with Crippen molar-refractivity contribution in [1.29, 1.82) is 0 Å². The van der Waals surface area contributed by atoms with E-state index in [9.17, 15) is 4.79 Å². The van der Waals surface area contributed by atoms with Crippen molar-refractivity contribution in [2.24, 2.45) is 5.11 Å². The molecule has 0 unspecified atom stereocenters. The fraction of sp³-hybridized carbons (Fsp3) is 0.0909. The molecule has 18 heavy (non-hydrogen) atoms. The Balaban J connectivity index is 2.36. The minimum Gasteiger partial charge on any atom is -0.464 e. The van der Waals surface area contributed by atoms with Gasteiger partial charge >= 0.3 is 5.97 Å². The van der Waals surface area contributed by atoms with Crippen molar-refractivity contribution >= 4 is 11.7 Å². The smallest absolute Gasteiger partial charge is 0.356 e. The van der Waals surface area contributed by atoms with Crippen molar-refractivity contribution < 1.29 is 9.53 Å². The highest BCUT2D eigenvalue weighted by Crippen LogP contribution is 2.23. The molecule has 0 atom stereocenters. The lowest BCUT2D eigenvalue weighted by Gasteiger charge is -1.96. The topological polar surface area (TPSA) is 104 Å². The number of aromatic nitrogens is 2. The highest BCUT2D eigenvalue weighted by Gasteiger charge is 2.10. The average Bonchev–Trinajstić information content (AvgIpc) is 2.88. The summed E-state index contributed by atoms with van der Waals surface area (Å²) >= 11 is 0. The molecule has 0 radical (unpaired) electrons. The zero-order valence-corrected chi connectivity index (χ0v) is 9.49. The Labute approximate surface area is 102 Å². The first-order chi connectivity index (χ1) is 8.74. The van der Waals surface area contributed by atoms with Gasteiger partial charge < -0.3 is 4.74 Å². The molecule has 0 aliphatic rings. The minimum absolute atomic E-state index is 0.265. The Kier molecular flexibility index (Phi) is 3.26. The molecule has 7 heteroatoms. The van der Waals surface area contributed by atoms with Gasteiger partial charge in [-0.3, -0.25) is 5.10 Å². The molecule has 1 heterocycles. The number of hydrogen-bond donors (Lipinski definition) is 1. The lowest BCUT2D eigenvalue weighted by molar-refractivity contribution is 0.0594. The Hall–Kier alpha value is -2.79. The van der Waals surface area contributed by atoms with Gasteiger partial charge in [-0.1, -0.05) is 23.3 Å². The summed E-state index contributed by atoms with van der Waals surface area (Å²) in [6.07, 6.45) is 0. The second-order valence-corrected chi connectivity index (χ2v) is 3.40. The number of benzene rings is 1. The Morgan fingerprint density at radius 1 is 1.50 bits per heavy atom. The van der Waals surface area contributed by atoms with Crippen LogP contribution in [-0.2, 0) is 4.74 Å². The molecule has 0 aliphatic heterocycles. The normalized spacial score (nSPS) is 9.61. The van der Waals surface area contributed by atoms with E-state index in [0.717, 1.165) is 5.56 Å². The summed E-state index contributed by atoms with van der Waals surface area (Å²) in [5, 5.41) is 10.1. The van der Waals surface area contributed by atoms with Crippen LogP contribution in [0.4, 0.5) is 5.69 Å². The lowest BCUT2D eigenvalue weighted by Crippen LogP contribution is -2.00. The van der Waals surface area contributed by atoms with Gasteiger partial charge in [-0.25, -0.2) is 4.79 Å². The first kappa shape index (κ1) is 11.7. The second-order valence-electron chi connectivity index (χ2n) is 3.40. The maximum absolute atomic E-state index is 11.3. The van der Waals surface area contributed by atoms with E-state index in [1.807, 2.05) is 0 Å². The third kappa shape index (κ3) is 2.31. The fourth-order valence-electron chi connectivity index (χ4n) is 1.46. The van der Waals surface area contributed by atoms with Gasteiger partial charge in [-0.15, -0.1) is 0 Å². The number of ether oxygens (including phenoxy) is 1. The highest BCUT2D eigenvalue weighted by molar-refractivity contribution is 5.88. The van der Waals surface area contributed by atoms with Gasteiger partial charge in [-0.05, 0) is 17.7 Å². The number of nitrogens with zero attached hydrogens (tertiary/aromatic N) is 4. The number of H-pyrrole nitrogens is 1. The number of hydrogen-bond acceptors (Lipinski definition) is 4. The summed E-state index contributed by atoms with van der Waals surface area (Å²) in [7, 11) is 1.30. The molecule has 0 bridgehead atoms. The van der Waals surface area contributed by atoms with E-state index < -0.39 is 5.97 Å². The van der Waals surface area contributed by atoms with Gasteiger partial charge in [0.15, 0.2) is 0 Å². The van der Waals surface area contributed by atoms with Crippen molar-refractivity contribution in [2.75, 3.05) is 7.11 Å². The minimum atomic E-state index is -0.486. The van der Waals surface area contributed by atoms with Crippen LogP contribution >= 0.6 is 0 Å². The molecule has 7 nitrogen and oxygen atoms in total. The maximum Gasteiger partial charge on any atom is 0.356 e. The van der Waals surface area contributed by atoms with Crippen molar-refractivity contribution in [1.82, 2.24) is 10.2 Å². The van der Waals surface area contributed by atoms with Gasteiger partial charge in [0.2, 0.25) is 0 Å². The molecule has 0 aliphatic carbocycles. The number of carbonyl (C=O) groups excluding carboxylic acids is 1. The van der Waals surface area contributed by atoms with Crippen LogP contribution in [0.25, 0.3) is 21.7 Å². The largest absolute Gasteiger partial charge is 0.464 e. The molecule has 0 fully saturated rings. The maximum atomic E-state index is 11.3. The Morgan fingerprint density at radius 2 is 2.33 bits per heavy atom. The fourth-order valence-corrected chi connectivity index (χ4v) is 1.46. The summed E-state index contributed by atoms with van der Waals surface area (Å²) in [6.45, 7) is 0. The van der Waals surface area contributed by atoms with E-state index in [1.165, 1.54) is 7.11 Å². The van der Waals surface area contributed by atoms with Crippen LogP contribution in [-0.4, -0.2) is 23.3 Å². The first-order valence-electron chi connectivity index (χ1n) is 5.04. The third-order valence-corrected chi connectivity index (χ3v) is 2.29. The van der Waals surface area contributed by atoms with E-state index in [2.05, 4.69) is 25.0 Å². The number of nitrogens with one attached hydrogen (secondary N) is 1. The van der Waals surface area contributed by atoms with Gasteiger partial charge in [0.05, 0.1) is 12.8 Å². The Morgan fingerprint density at radius 3 is 3.06 bits per heavy atom. The SMILES string of the molecule is COC(=O)c1cc(-c2cccc(N=[N+]=[N-])c2)n[nH]1.